The maximum Gasteiger partial charge on any atom is 0.277 e. The normalized spacial score (nSPS) is 20.5. The maximum absolute atomic E-state index is 14.8. The average molecular weight is 498 g/mol. The number of aromatic nitrogens is 5. The van der Waals surface area contributed by atoms with Crippen LogP contribution in [0.4, 0.5) is 8.78 Å². The monoisotopic (exact) mass is 497 g/mol. The molecule has 0 amide bonds. The van der Waals surface area contributed by atoms with E-state index < -0.39 is 17.2 Å². The smallest absolute Gasteiger partial charge is 0.277 e. The fourth-order valence-electron chi connectivity index (χ4n) is 4.66. The van der Waals surface area contributed by atoms with Crippen LogP contribution in [0.5, 0.6) is 0 Å². The van der Waals surface area contributed by atoms with Crippen LogP contribution in [0.1, 0.15) is 60.7 Å². The molecular weight excluding hydrogens is 476 g/mol. The van der Waals surface area contributed by atoms with Crippen molar-refractivity contribution in [3.63, 3.8) is 0 Å². The van der Waals surface area contributed by atoms with Crippen molar-refractivity contribution in [2.45, 2.75) is 50.7 Å². The Morgan fingerprint density at radius 3 is 2.74 bits per heavy atom. The molecule has 180 valence electrons. The van der Waals surface area contributed by atoms with Gasteiger partial charge in [0.25, 0.3) is 5.56 Å². The lowest BCUT2D eigenvalue weighted by Gasteiger charge is -2.29. The molecule has 35 heavy (non-hydrogen) atoms. The quantitative estimate of drug-likeness (QED) is 0.389. The lowest BCUT2D eigenvalue weighted by Crippen LogP contribution is -2.23. The Hall–Kier alpha value is -3.17. The Labute approximate surface area is 204 Å². The van der Waals surface area contributed by atoms with E-state index >= 15 is 0 Å². The zero-order chi connectivity index (χ0) is 24.3. The Bertz CT molecular complexity index is 1510. The van der Waals surface area contributed by atoms with Crippen LogP contribution in [0.25, 0.3) is 16.9 Å². The second-order valence-electron chi connectivity index (χ2n) is 9.21. The van der Waals surface area contributed by atoms with Gasteiger partial charge >= 0.3 is 0 Å². The van der Waals surface area contributed by atoms with Gasteiger partial charge in [0.15, 0.2) is 5.65 Å². The second-order valence-corrected chi connectivity index (χ2v) is 9.59. The first-order valence-electron chi connectivity index (χ1n) is 11.6. The summed E-state index contributed by atoms with van der Waals surface area (Å²) in [6.45, 7) is 2.11. The van der Waals surface area contributed by atoms with E-state index in [1.807, 2.05) is 17.1 Å². The number of benzene rings is 1. The number of halogens is 3. The first kappa shape index (κ1) is 22.3. The molecule has 1 saturated carbocycles. The van der Waals surface area contributed by atoms with Crippen LogP contribution in [-0.4, -0.2) is 30.8 Å². The van der Waals surface area contributed by atoms with Crippen molar-refractivity contribution in [2.75, 3.05) is 6.61 Å². The van der Waals surface area contributed by atoms with E-state index in [0.717, 1.165) is 30.5 Å². The molecule has 4 aromatic rings. The summed E-state index contributed by atoms with van der Waals surface area (Å²) in [4.78, 5) is 22.2. The van der Waals surface area contributed by atoms with Crippen molar-refractivity contribution in [3.8, 4) is 11.3 Å². The molecule has 1 saturated heterocycles. The first-order valence-corrected chi connectivity index (χ1v) is 12.0. The van der Waals surface area contributed by atoms with Gasteiger partial charge in [0, 0.05) is 42.1 Å². The fraction of sp³-hybridized carbons (Fsp3) is 0.360. The Kier molecular flexibility index (Phi) is 5.41. The molecule has 2 atom stereocenters. The summed E-state index contributed by atoms with van der Waals surface area (Å²) in [7, 11) is 0. The van der Waals surface area contributed by atoms with Crippen LogP contribution in [0, 0.1) is 18.6 Å². The molecule has 0 radical (unpaired) electrons. The highest BCUT2D eigenvalue weighted by atomic mass is 35.5. The summed E-state index contributed by atoms with van der Waals surface area (Å²) in [5.74, 6) is -1.54. The van der Waals surface area contributed by atoms with Gasteiger partial charge in [0.05, 0.1) is 29.7 Å². The van der Waals surface area contributed by atoms with Crippen LogP contribution in [0.3, 0.4) is 0 Å². The molecule has 1 aliphatic carbocycles. The molecule has 3 aromatic heterocycles. The van der Waals surface area contributed by atoms with Crippen LogP contribution >= 0.6 is 11.6 Å². The molecule has 10 heteroatoms. The summed E-state index contributed by atoms with van der Waals surface area (Å²) in [6.07, 6.45) is 8.93. The predicted molar refractivity (Wildman–Crippen MR) is 126 cm³/mol. The van der Waals surface area contributed by atoms with Crippen LogP contribution in [0.2, 0.25) is 5.02 Å². The third-order valence-corrected chi connectivity index (χ3v) is 7.18. The van der Waals surface area contributed by atoms with Crippen molar-refractivity contribution in [2.24, 2.45) is 0 Å². The zero-order valence-electron chi connectivity index (χ0n) is 18.9. The topological polar surface area (TPSA) is 74.3 Å². The van der Waals surface area contributed by atoms with Crippen molar-refractivity contribution < 1.29 is 13.5 Å². The van der Waals surface area contributed by atoms with Gasteiger partial charge in [-0.1, -0.05) is 11.6 Å². The molecule has 0 bridgehead atoms. The number of ether oxygens (including phenoxy) is 1. The van der Waals surface area contributed by atoms with Gasteiger partial charge in [0.2, 0.25) is 0 Å². The van der Waals surface area contributed by atoms with Crippen LogP contribution in [0.15, 0.2) is 41.6 Å². The lowest BCUT2D eigenvalue weighted by atomic mass is 9.90. The van der Waals surface area contributed by atoms with Gasteiger partial charge in [-0.3, -0.25) is 13.9 Å². The number of fused-ring (bicyclic) bond motifs is 1. The Morgan fingerprint density at radius 2 is 1.97 bits per heavy atom. The molecule has 0 spiro atoms. The standard InChI is InChI=1S/C25H22ClF2N5O2/c1-13-22(26)25(34)32-12-20(31-23(24(32)30-13)18-5-2-16(27)9-19(18)28)14-6-7-35-21(8-14)15-10-29-33(11-15)17-3-4-17/h2,5,9-12,14,17,21H,3-4,6-8H2,1H3/t14-,21-/m0/s1. The SMILES string of the molecule is Cc1nc2c(-c3ccc(F)cc3F)nc([C@H]3CCO[C@H](c4cnn(C5CC5)c4)C3)cn2c(=O)c1Cl. The Balaban J connectivity index is 1.45. The molecule has 2 fully saturated rings. The van der Waals surface area contributed by atoms with Crippen molar-refractivity contribution in [1.29, 1.82) is 0 Å². The Morgan fingerprint density at radius 1 is 1.14 bits per heavy atom. The summed E-state index contributed by atoms with van der Waals surface area (Å²) in [5.41, 5.74) is 1.85. The summed E-state index contributed by atoms with van der Waals surface area (Å²) in [6, 6.07) is 3.74. The molecule has 0 N–H and O–H groups in total. The largest absolute Gasteiger partial charge is 0.373 e. The number of aryl methyl sites for hydroxylation is 1. The van der Waals surface area contributed by atoms with Crippen LogP contribution < -0.4 is 5.56 Å². The summed E-state index contributed by atoms with van der Waals surface area (Å²) in [5, 5.41) is 4.46. The predicted octanol–water partition coefficient (Wildman–Crippen LogP) is 5.16. The molecule has 0 unspecified atom stereocenters. The maximum atomic E-state index is 14.8. The van der Waals surface area contributed by atoms with Gasteiger partial charge in [-0.2, -0.15) is 5.10 Å². The molecule has 2 aliphatic rings. The van der Waals surface area contributed by atoms with Crippen LogP contribution in [-0.2, 0) is 4.74 Å². The first-order chi connectivity index (χ1) is 16.9. The van der Waals surface area contributed by atoms with E-state index in [-0.39, 0.29) is 33.9 Å². The van der Waals surface area contributed by atoms with E-state index in [1.165, 1.54) is 10.5 Å². The van der Waals surface area contributed by atoms with Crippen molar-refractivity contribution in [3.05, 3.63) is 80.8 Å². The van der Waals surface area contributed by atoms with Gasteiger partial charge in [-0.05, 0) is 44.7 Å². The third kappa shape index (κ3) is 4.02. The average Bonchev–Trinajstić information content (AvgIpc) is 3.59. The highest BCUT2D eigenvalue weighted by Crippen LogP contribution is 2.40. The molecule has 1 aromatic carbocycles. The van der Waals surface area contributed by atoms with E-state index in [0.29, 0.717) is 36.9 Å². The highest BCUT2D eigenvalue weighted by molar-refractivity contribution is 6.31. The molecule has 1 aliphatic heterocycles. The summed E-state index contributed by atoms with van der Waals surface area (Å²) >= 11 is 6.21. The molecular formula is C25H22ClF2N5O2. The zero-order valence-corrected chi connectivity index (χ0v) is 19.7. The number of hydrogen-bond acceptors (Lipinski definition) is 5. The van der Waals surface area contributed by atoms with Gasteiger partial charge < -0.3 is 4.74 Å². The number of rotatable bonds is 4. The highest BCUT2D eigenvalue weighted by Gasteiger charge is 2.30. The van der Waals surface area contributed by atoms with Gasteiger partial charge in [-0.15, -0.1) is 0 Å². The minimum Gasteiger partial charge on any atom is -0.373 e. The molecule has 6 rings (SSSR count). The van der Waals surface area contributed by atoms with E-state index in [2.05, 4.69) is 10.1 Å². The van der Waals surface area contributed by atoms with Gasteiger partial charge in [0.1, 0.15) is 22.4 Å². The fourth-order valence-corrected chi connectivity index (χ4v) is 4.79. The second kappa shape index (κ2) is 8.49. The number of hydrogen-bond donors (Lipinski definition) is 0. The van der Waals surface area contributed by atoms with E-state index in [4.69, 9.17) is 21.3 Å². The molecule has 7 nitrogen and oxygen atoms in total. The van der Waals surface area contributed by atoms with E-state index in [9.17, 15) is 13.6 Å². The van der Waals surface area contributed by atoms with Crippen molar-refractivity contribution >= 4 is 17.2 Å². The summed E-state index contributed by atoms with van der Waals surface area (Å²) < 4.78 is 37.8. The minimum atomic E-state index is -0.782. The molecule has 4 heterocycles. The third-order valence-electron chi connectivity index (χ3n) is 6.74. The number of nitrogens with zero attached hydrogens (tertiary/aromatic N) is 5. The van der Waals surface area contributed by atoms with Gasteiger partial charge in [-0.25, -0.2) is 18.7 Å². The van der Waals surface area contributed by atoms with Crippen molar-refractivity contribution in [1.82, 2.24) is 24.1 Å². The lowest BCUT2D eigenvalue weighted by molar-refractivity contribution is 0.00454. The minimum absolute atomic E-state index is 0.0116. The van der Waals surface area contributed by atoms with E-state index in [1.54, 1.807) is 13.1 Å².